The van der Waals surface area contributed by atoms with E-state index in [2.05, 4.69) is 77.6 Å². The van der Waals surface area contributed by atoms with Gasteiger partial charge in [0.2, 0.25) is 0 Å². The summed E-state index contributed by atoms with van der Waals surface area (Å²) in [7, 11) is 0. The Labute approximate surface area is 149 Å². The highest BCUT2D eigenvalue weighted by atomic mass is 16.5. The van der Waals surface area contributed by atoms with Gasteiger partial charge in [0.25, 0.3) is 0 Å². The second-order valence-electron chi connectivity index (χ2n) is 7.72. The van der Waals surface area contributed by atoms with Crippen LogP contribution in [0.25, 0.3) is 0 Å². The molecule has 2 atom stereocenters. The third kappa shape index (κ3) is 8.70. The average molecular weight is 336 g/mol. The van der Waals surface area contributed by atoms with Crippen molar-refractivity contribution in [2.75, 3.05) is 31.2 Å². The highest BCUT2D eigenvalue weighted by Gasteiger charge is 2.16. The average Bonchev–Trinajstić information content (AvgIpc) is 2.50. The third-order valence-corrected chi connectivity index (χ3v) is 3.86. The smallest absolute Gasteiger partial charge is 0.0519 e. The first-order chi connectivity index (χ1) is 11.3. The van der Waals surface area contributed by atoms with E-state index in [0.717, 1.165) is 26.3 Å². The maximum absolute atomic E-state index is 5.80. The van der Waals surface area contributed by atoms with Gasteiger partial charge in [-0.2, -0.15) is 0 Å². The molecule has 0 spiro atoms. The number of rotatable bonds is 11. The van der Waals surface area contributed by atoms with Gasteiger partial charge >= 0.3 is 0 Å². The Balaban J connectivity index is 2.72. The molecule has 0 aliphatic heterocycles. The molecule has 0 saturated heterocycles. The molecule has 138 valence electrons. The van der Waals surface area contributed by atoms with Crippen LogP contribution >= 0.6 is 0 Å². The molecule has 3 nitrogen and oxygen atoms in total. The molecule has 0 radical (unpaired) electrons. The molecule has 0 bridgehead atoms. The summed E-state index contributed by atoms with van der Waals surface area (Å²) in [4.78, 5) is 2.48. The standard InChI is InChI=1S/C21H37NO2/c1-16(2)23-14-19(6)12-22(13-20(7)15-24-17(3)4)21-10-8-9-18(5)11-21/h8-11,16-17,19-20H,12-15H2,1-7H3. The number of aryl methyl sites for hydroxylation is 1. The Morgan fingerprint density at radius 3 is 1.75 bits per heavy atom. The zero-order chi connectivity index (χ0) is 18.1. The van der Waals surface area contributed by atoms with Crippen molar-refractivity contribution < 1.29 is 9.47 Å². The first kappa shape index (κ1) is 21.0. The predicted molar refractivity (Wildman–Crippen MR) is 104 cm³/mol. The Morgan fingerprint density at radius 1 is 0.833 bits per heavy atom. The largest absolute Gasteiger partial charge is 0.378 e. The number of hydrogen-bond donors (Lipinski definition) is 0. The molecule has 1 aromatic rings. The number of hydrogen-bond acceptors (Lipinski definition) is 3. The fraction of sp³-hybridized carbons (Fsp3) is 0.714. The van der Waals surface area contributed by atoms with Crippen LogP contribution in [0.4, 0.5) is 5.69 Å². The zero-order valence-electron chi connectivity index (χ0n) is 16.7. The van der Waals surface area contributed by atoms with E-state index in [1.165, 1.54) is 11.3 Å². The lowest BCUT2D eigenvalue weighted by atomic mass is 10.1. The van der Waals surface area contributed by atoms with Crippen molar-refractivity contribution in [3.63, 3.8) is 0 Å². The minimum absolute atomic E-state index is 0.290. The Bertz CT molecular complexity index is 439. The van der Waals surface area contributed by atoms with E-state index in [1.54, 1.807) is 0 Å². The van der Waals surface area contributed by atoms with Crippen LogP contribution in [-0.4, -0.2) is 38.5 Å². The van der Waals surface area contributed by atoms with Crippen molar-refractivity contribution in [3.8, 4) is 0 Å². The number of ether oxygens (including phenoxy) is 2. The Morgan fingerprint density at radius 2 is 1.33 bits per heavy atom. The SMILES string of the molecule is Cc1cccc(N(CC(C)COC(C)C)CC(C)COC(C)C)c1. The minimum Gasteiger partial charge on any atom is -0.378 e. The van der Waals surface area contributed by atoms with Crippen LogP contribution in [0, 0.1) is 18.8 Å². The highest BCUT2D eigenvalue weighted by Crippen LogP contribution is 2.19. The molecular formula is C21H37NO2. The van der Waals surface area contributed by atoms with E-state index in [-0.39, 0.29) is 0 Å². The van der Waals surface area contributed by atoms with E-state index in [0.29, 0.717) is 24.0 Å². The molecular weight excluding hydrogens is 298 g/mol. The zero-order valence-corrected chi connectivity index (χ0v) is 16.7. The second-order valence-corrected chi connectivity index (χ2v) is 7.72. The Kier molecular flexibility index (Phi) is 9.38. The van der Waals surface area contributed by atoms with E-state index < -0.39 is 0 Å². The van der Waals surface area contributed by atoms with Crippen LogP contribution in [0.2, 0.25) is 0 Å². The first-order valence-corrected chi connectivity index (χ1v) is 9.32. The van der Waals surface area contributed by atoms with Gasteiger partial charge in [0.05, 0.1) is 25.4 Å². The van der Waals surface area contributed by atoms with Gasteiger partial charge in [-0.3, -0.25) is 0 Å². The second kappa shape index (κ2) is 10.7. The van der Waals surface area contributed by atoms with Crippen LogP contribution in [0.5, 0.6) is 0 Å². The summed E-state index contributed by atoms with van der Waals surface area (Å²) in [6, 6.07) is 8.77. The van der Waals surface area contributed by atoms with Gasteiger partial charge in [-0.05, 0) is 64.2 Å². The summed E-state index contributed by atoms with van der Waals surface area (Å²) in [6.45, 7) is 18.7. The van der Waals surface area contributed by atoms with Gasteiger partial charge in [0, 0.05) is 18.8 Å². The van der Waals surface area contributed by atoms with Crippen LogP contribution < -0.4 is 4.90 Å². The lowest BCUT2D eigenvalue weighted by Gasteiger charge is -2.31. The van der Waals surface area contributed by atoms with Crippen LogP contribution in [0.15, 0.2) is 24.3 Å². The Hall–Kier alpha value is -1.06. The molecule has 0 heterocycles. The van der Waals surface area contributed by atoms with Gasteiger partial charge in [0.15, 0.2) is 0 Å². The fourth-order valence-corrected chi connectivity index (χ4v) is 2.68. The molecule has 0 N–H and O–H groups in total. The molecule has 24 heavy (non-hydrogen) atoms. The lowest BCUT2D eigenvalue weighted by molar-refractivity contribution is 0.0522. The van der Waals surface area contributed by atoms with Gasteiger partial charge in [-0.25, -0.2) is 0 Å². The quantitative estimate of drug-likeness (QED) is 0.573. The molecule has 1 rings (SSSR count). The molecule has 0 aromatic heterocycles. The van der Waals surface area contributed by atoms with Crippen LogP contribution in [-0.2, 0) is 9.47 Å². The molecule has 0 aliphatic rings. The van der Waals surface area contributed by atoms with Crippen molar-refractivity contribution in [1.82, 2.24) is 0 Å². The molecule has 2 unspecified atom stereocenters. The summed E-state index contributed by atoms with van der Waals surface area (Å²) in [5.74, 6) is 0.984. The normalized spacial score (nSPS) is 14.2. The van der Waals surface area contributed by atoms with Crippen LogP contribution in [0.3, 0.4) is 0 Å². The molecule has 0 fully saturated rings. The van der Waals surface area contributed by atoms with Crippen molar-refractivity contribution in [3.05, 3.63) is 29.8 Å². The maximum atomic E-state index is 5.80. The highest BCUT2D eigenvalue weighted by molar-refractivity contribution is 5.48. The summed E-state index contributed by atoms with van der Waals surface area (Å²) < 4.78 is 11.6. The molecule has 1 aromatic carbocycles. The number of nitrogens with zero attached hydrogens (tertiary/aromatic N) is 1. The topological polar surface area (TPSA) is 21.7 Å². The van der Waals surface area contributed by atoms with E-state index in [4.69, 9.17) is 9.47 Å². The first-order valence-electron chi connectivity index (χ1n) is 9.32. The number of benzene rings is 1. The molecule has 0 amide bonds. The summed E-state index contributed by atoms with van der Waals surface area (Å²) in [5.41, 5.74) is 2.59. The van der Waals surface area contributed by atoms with Crippen molar-refractivity contribution >= 4 is 5.69 Å². The predicted octanol–water partition coefficient (Wildman–Crippen LogP) is 4.92. The van der Waals surface area contributed by atoms with E-state index in [1.807, 2.05) is 0 Å². The van der Waals surface area contributed by atoms with Crippen molar-refractivity contribution in [2.24, 2.45) is 11.8 Å². The fourth-order valence-electron chi connectivity index (χ4n) is 2.68. The van der Waals surface area contributed by atoms with Crippen molar-refractivity contribution in [1.29, 1.82) is 0 Å². The van der Waals surface area contributed by atoms with Gasteiger partial charge < -0.3 is 14.4 Å². The monoisotopic (exact) mass is 335 g/mol. The lowest BCUT2D eigenvalue weighted by Crippen LogP contribution is -2.35. The van der Waals surface area contributed by atoms with Gasteiger partial charge in [0.1, 0.15) is 0 Å². The number of anilines is 1. The molecule has 0 saturated carbocycles. The van der Waals surface area contributed by atoms with Crippen LogP contribution in [0.1, 0.15) is 47.1 Å². The maximum Gasteiger partial charge on any atom is 0.0519 e. The third-order valence-electron chi connectivity index (χ3n) is 3.86. The van der Waals surface area contributed by atoms with E-state index in [9.17, 15) is 0 Å². The summed E-state index contributed by atoms with van der Waals surface area (Å²) >= 11 is 0. The van der Waals surface area contributed by atoms with Gasteiger partial charge in [-0.1, -0.05) is 26.0 Å². The minimum atomic E-state index is 0.290. The summed E-state index contributed by atoms with van der Waals surface area (Å²) in [5, 5.41) is 0. The van der Waals surface area contributed by atoms with Crippen molar-refractivity contribution in [2.45, 2.75) is 60.7 Å². The molecule has 3 heteroatoms. The van der Waals surface area contributed by atoms with E-state index >= 15 is 0 Å². The summed E-state index contributed by atoms with van der Waals surface area (Å²) in [6.07, 6.45) is 0.580. The van der Waals surface area contributed by atoms with Gasteiger partial charge in [-0.15, -0.1) is 0 Å². The molecule has 0 aliphatic carbocycles.